The number of carbonyl (C=O) groups excluding carboxylic acids is 2. The summed E-state index contributed by atoms with van der Waals surface area (Å²) < 4.78 is 5.35. The van der Waals surface area contributed by atoms with E-state index in [-0.39, 0.29) is 25.0 Å². The summed E-state index contributed by atoms with van der Waals surface area (Å²) in [6, 6.07) is 12.2. The topological polar surface area (TPSA) is 58.6 Å². The van der Waals surface area contributed by atoms with Crippen LogP contribution in [0.1, 0.15) is 5.56 Å². The summed E-state index contributed by atoms with van der Waals surface area (Å²) in [5, 5.41) is 3.81. The Balaban J connectivity index is 1.69. The highest BCUT2D eigenvalue weighted by atomic mass is 35.5. The summed E-state index contributed by atoms with van der Waals surface area (Å²) in [4.78, 5) is 25.7. The normalized spacial score (nSPS) is 13.2. The van der Waals surface area contributed by atoms with Crippen LogP contribution in [0, 0.1) is 0 Å². The average Bonchev–Trinajstić information content (AvgIpc) is 2.57. The first-order chi connectivity index (χ1) is 11.5. The van der Waals surface area contributed by atoms with Gasteiger partial charge in [-0.15, -0.1) is 0 Å². The molecular formula is C17H14Cl2N2O3. The number of nitrogens with zero attached hydrogens (tertiary/aromatic N) is 1. The number of nitrogens with one attached hydrogen (secondary N) is 1. The van der Waals surface area contributed by atoms with Gasteiger partial charge in [0.15, 0.2) is 6.61 Å². The van der Waals surface area contributed by atoms with Crippen LogP contribution < -0.4 is 15.0 Å². The molecule has 0 atom stereocenters. The lowest BCUT2D eigenvalue weighted by atomic mass is 10.2. The van der Waals surface area contributed by atoms with E-state index >= 15 is 0 Å². The number of ether oxygens (including phenoxy) is 1. The van der Waals surface area contributed by atoms with Crippen LogP contribution in [0.5, 0.6) is 5.75 Å². The Hall–Kier alpha value is -2.24. The van der Waals surface area contributed by atoms with E-state index in [9.17, 15) is 9.59 Å². The second-order valence-electron chi connectivity index (χ2n) is 5.25. The molecule has 5 nitrogen and oxygen atoms in total. The van der Waals surface area contributed by atoms with Crippen molar-refractivity contribution in [2.24, 2.45) is 0 Å². The van der Waals surface area contributed by atoms with Gasteiger partial charge in [0.1, 0.15) is 12.3 Å². The van der Waals surface area contributed by atoms with E-state index in [1.54, 1.807) is 24.3 Å². The maximum atomic E-state index is 12.2. The molecule has 2 aromatic rings. The summed E-state index contributed by atoms with van der Waals surface area (Å²) in [7, 11) is 0. The SMILES string of the molecule is O=C(CN1C(=O)COc2ccc(Cl)cc21)NCc1ccccc1Cl. The van der Waals surface area contributed by atoms with Crippen LogP contribution in [0.2, 0.25) is 10.0 Å². The number of fused-ring (bicyclic) bond motifs is 1. The molecule has 0 aliphatic carbocycles. The number of halogens is 2. The van der Waals surface area contributed by atoms with Crippen molar-refractivity contribution in [2.45, 2.75) is 6.54 Å². The molecule has 0 bridgehead atoms. The van der Waals surface area contributed by atoms with Gasteiger partial charge >= 0.3 is 0 Å². The van der Waals surface area contributed by atoms with E-state index in [1.165, 1.54) is 4.90 Å². The van der Waals surface area contributed by atoms with Gasteiger partial charge in [-0.1, -0.05) is 41.4 Å². The second kappa shape index (κ2) is 7.11. The number of benzene rings is 2. The van der Waals surface area contributed by atoms with Crippen LogP contribution in [0.25, 0.3) is 0 Å². The van der Waals surface area contributed by atoms with E-state index in [4.69, 9.17) is 27.9 Å². The Morgan fingerprint density at radius 2 is 2.00 bits per heavy atom. The molecule has 0 saturated heterocycles. The van der Waals surface area contributed by atoms with Crippen molar-refractivity contribution < 1.29 is 14.3 Å². The number of anilines is 1. The average molecular weight is 365 g/mol. The van der Waals surface area contributed by atoms with E-state index in [0.717, 1.165) is 5.56 Å². The predicted molar refractivity (Wildman–Crippen MR) is 92.6 cm³/mol. The summed E-state index contributed by atoms with van der Waals surface area (Å²) in [5.41, 5.74) is 1.30. The third-order valence-corrected chi connectivity index (χ3v) is 4.20. The molecule has 0 spiro atoms. The number of rotatable bonds is 4. The maximum Gasteiger partial charge on any atom is 0.265 e. The molecule has 0 aromatic heterocycles. The molecule has 0 radical (unpaired) electrons. The summed E-state index contributed by atoms with van der Waals surface area (Å²) in [6.07, 6.45) is 0. The lowest BCUT2D eigenvalue weighted by Gasteiger charge is -2.29. The lowest BCUT2D eigenvalue weighted by molar-refractivity contribution is -0.125. The van der Waals surface area contributed by atoms with Crippen LogP contribution in [0.3, 0.4) is 0 Å². The van der Waals surface area contributed by atoms with Gasteiger partial charge in [-0.2, -0.15) is 0 Å². The van der Waals surface area contributed by atoms with E-state index in [2.05, 4.69) is 5.32 Å². The fraction of sp³-hybridized carbons (Fsp3) is 0.176. The predicted octanol–water partition coefficient (Wildman–Crippen LogP) is 3.04. The minimum absolute atomic E-state index is 0.105. The number of hydrogen-bond acceptors (Lipinski definition) is 3. The second-order valence-corrected chi connectivity index (χ2v) is 6.09. The van der Waals surface area contributed by atoms with Gasteiger partial charge in [-0.3, -0.25) is 14.5 Å². The lowest BCUT2D eigenvalue weighted by Crippen LogP contribution is -2.45. The highest BCUT2D eigenvalue weighted by Gasteiger charge is 2.27. The van der Waals surface area contributed by atoms with Gasteiger partial charge in [-0.25, -0.2) is 0 Å². The molecule has 124 valence electrons. The molecule has 0 fully saturated rings. The van der Waals surface area contributed by atoms with Crippen molar-refractivity contribution in [1.29, 1.82) is 0 Å². The Kier molecular flexibility index (Phi) is 4.92. The fourth-order valence-corrected chi connectivity index (χ4v) is 2.75. The van der Waals surface area contributed by atoms with Crippen molar-refractivity contribution in [2.75, 3.05) is 18.1 Å². The zero-order chi connectivity index (χ0) is 17.1. The Morgan fingerprint density at radius 1 is 1.21 bits per heavy atom. The summed E-state index contributed by atoms with van der Waals surface area (Å²) in [6.45, 7) is 0.0753. The van der Waals surface area contributed by atoms with Gasteiger partial charge in [0.2, 0.25) is 5.91 Å². The van der Waals surface area contributed by atoms with Crippen LogP contribution in [-0.4, -0.2) is 25.0 Å². The molecule has 1 heterocycles. The molecule has 2 aromatic carbocycles. The Morgan fingerprint density at radius 3 is 2.79 bits per heavy atom. The third kappa shape index (κ3) is 3.63. The zero-order valence-electron chi connectivity index (χ0n) is 12.6. The van der Waals surface area contributed by atoms with E-state index in [1.807, 2.05) is 18.2 Å². The molecule has 24 heavy (non-hydrogen) atoms. The first-order valence-corrected chi connectivity index (χ1v) is 8.03. The third-order valence-electron chi connectivity index (χ3n) is 3.60. The van der Waals surface area contributed by atoms with Crippen molar-refractivity contribution in [1.82, 2.24) is 5.32 Å². The summed E-state index contributed by atoms with van der Waals surface area (Å²) >= 11 is 12.0. The van der Waals surface area contributed by atoms with Gasteiger partial charge < -0.3 is 10.1 Å². The standard InChI is InChI=1S/C17H14Cl2N2O3/c18-12-5-6-15-14(7-12)21(17(23)10-24-15)9-16(22)20-8-11-3-1-2-4-13(11)19/h1-7H,8-10H2,(H,20,22). The van der Waals surface area contributed by atoms with Gasteiger partial charge in [0.25, 0.3) is 5.91 Å². The molecule has 1 N–H and O–H groups in total. The molecule has 0 unspecified atom stereocenters. The Labute approximate surface area is 149 Å². The zero-order valence-corrected chi connectivity index (χ0v) is 14.1. The largest absolute Gasteiger partial charge is 0.482 e. The highest BCUT2D eigenvalue weighted by Crippen LogP contribution is 2.34. The molecular weight excluding hydrogens is 351 g/mol. The molecule has 7 heteroatoms. The van der Waals surface area contributed by atoms with Gasteiger partial charge in [0.05, 0.1) is 5.69 Å². The van der Waals surface area contributed by atoms with Gasteiger partial charge in [-0.05, 0) is 29.8 Å². The highest BCUT2D eigenvalue weighted by molar-refractivity contribution is 6.31. The number of amides is 2. The minimum Gasteiger partial charge on any atom is -0.482 e. The smallest absolute Gasteiger partial charge is 0.265 e. The quantitative estimate of drug-likeness (QED) is 0.906. The van der Waals surface area contributed by atoms with E-state index in [0.29, 0.717) is 28.0 Å². The first-order valence-electron chi connectivity index (χ1n) is 7.27. The molecule has 1 aliphatic heterocycles. The molecule has 3 rings (SSSR count). The molecule has 0 saturated carbocycles. The van der Waals surface area contributed by atoms with E-state index < -0.39 is 0 Å². The molecule has 2 amide bonds. The van der Waals surface area contributed by atoms with Crippen LogP contribution in [0.15, 0.2) is 42.5 Å². The monoisotopic (exact) mass is 364 g/mol. The van der Waals surface area contributed by atoms with Crippen LogP contribution >= 0.6 is 23.2 Å². The van der Waals surface area contributed by atoms with Crippen molar-refractivity contribution in [3.63, 3.8) is 0 Å². The molecule has 1 aliphatic rings. The van der Waals surface area contributed by atoms with Gasteiger partial charge in [0, 0.05) is 16.6 Å². The minimum atomic E-state index is -0.295. The van der Waals surface area contributed by atoms with Crippen molar-refractivity contribution >= 4 is 40.7 Å². The van der Waals surface area contributed by atoms with Crippen molar-refractivity contribution in [3.05, 3.63) is 58.1 Å². The summed E-state index contributed by atoms with van der Waals surface area (Å²) in [5.74, 6) is -0.0633. The Bertz CT molecular complexity index is 795. The van der Waals surface area contributed by atoms with Crippen LogP contribution in [-0.2, 0) is 16.1 Å². The van der Waals surface area contributed by atoms with Crippen molar-refractivity contribution in [3.8, 4) is 5.75 Å². The fourth-order valence-electron chi connectivity index (χ4n) is 2.38. The van der Waals surface area contributed by atoms with Crippen LogP contribution in [0.4, 0.5) is 5.69 Å². The number of hydrogen-bond donors (Lipinski definition) is 1. The first kappa shape index (κ1) is 16.6. The maximum absolute atomic E-state index is 12.2. The number of carbonyl (C=O) groups is 2.